The first kappa shape index (κ1) is 17.3. The predicted molar refractivity (Wildman–Crippen MR) is 92.0 cm³/mol. The number of benzene rings is 2. The molecule has 0 aliphatic carbocycles. The number of aliphatic imine (C=N–C) groups is 1. The van der Waals surface area contributed by atoms with E-state index in [9.17, 15) is 4.39 Å². The van der Waals surface area contributed by atoms with Gasteiger partial charge in [0, 0.05) is 6.21 Å². The minimum absolute atomic E-state index is 0.0272. The largest absolute Gasteiger partial charge is 0.493 e. The van der Waals surface area contributed by atoms with Crippen LogP contribution in [0.25, 0.3) is 0 Å². The molecule has 0 fully saturated rings. The molecule has 0 radical (unpaired) electrons. The van der Waals surface area contributed by atoms with Crippen LogP contribution in [-0.2, 0) is 0 Å². The Hall–Kier alpha value is -2.07. The van der Waals surface area contributed by atoms with Crippen molar-refractivity contribution in [3.05, 3.63) is 52.8 Å². The lowest BCUT2D eigenvalue weighted by Crippen LogP contribution is -2.11. The number of hydrogen-bond acceptors (Lipinski definition) is 3. The van der Waals surface area contributed by atoms with Crippen LogP contribution in [0.2, 0.25) is 5.02 Å². The number of methoxy groups -OCH3 is 1. The van der Waals surface area contributed by atoms with E-state index < -0.39 is 0 Å². The highest BCUT2D eigenvalue weighted by atomic mass is 35.5. The van der Waals surface area contributed by atoms with Crippen LogP contribution in [0, 0.1) is 5.82 Å². The summed E-state index contributed by atoms with van der Waals surface area (Å²) in [5.41, 5.74) is 0.967. The fourth-order valence-electron chi connectivity index (χ4n) is 1.91. The van der Waals surface area contributed by atoms with Gasteiger partial charge in [0.15, 0.2) is 11.5 Å². The quantitative estimate of drug-likeness (QED) is 0.660. The number of ether oxygens (including phenoxy) is 2. The lowest BCUT2D eigenvalue weighted by molar-refractivity contribution is 0.208. The zero-order valence-electron chi connectivity index (χ0n) is 13.3. The van der Waals surface area contributed by atoms with Gasteiger partial charge in [0.1, 0.15) is 5.82 Å². The molecule has 1 atom stereocenters. The molecule has 0 N–H and O–H groups in total. The smallest absolute Gasteiger partial charge is 0.180 e. The van der Waals surface area contributed by atoms with Gasteiger partial charge in [-0.2, -0.15) is 0 Å². The molecule has 0 spiro atoms. The van der Waals surface area contributed by atoms with Crippen molar-refractivity contribution in [3.8, 4) is 11.5 Å². The van der Waals surface area contributed by atoms with Gasteiger partial charge >= 0.3 is 0 Å². The predicted octanol–water partition coefficient (Wildman–Crippen LogP) is 5.42. The fourth-order valence-corrected chi connectivity index (χ4v) is 2.18. The minimum atomic E-state index is -0.376. The first-order valence-corrected chi connectivity index (χ1v) is 7.75. The Kier molecular flexibility index (Phi) is 5.99. The molecule has 0 aliphatic heterocycles. The molecule has 0 aromatic heterocycles. The standard InChI is InChI=1S/C18H19ClFNO2/c1-4-12(2)23-18-14(19)9-13(10-17(18)22-3)11-21-16-8-6-5-7-15(16)20/h5-12H,4H2,1-3H3/t12-/m1/s1. The van der Waals surface area contributed by atoms with Gasteiger partial charge in [-0.25, -0.2) is 4.39 Å². The van der Waals surface area contributed by atoms with Gasteiger partial charge < -0.3 is 9.47 Å². The van der Waals surface area contributed by atoms with Crippen LogP contribution < -0.4 is 9.47 Å². The number of hydrogen-bond donors (Lipinski definition) is 0. The maximum Gasteiger partial charge on any atom is 0.180 e. The first-order chi connectivity index (χ1) is 11.0. The summed E-state index contributed by atoms with van der Waals surface area (Å²) < 4.78 is 24.7. The third-order valence-corrected chi connectivity index (χ3v) is 3.63. The minimum Gasteiger partial charge on any atom is -0.493 e. The Bertz CT molecular complexity index is 703. The summed E-state index contributed by atoms with van der Waals surface area (Å²) in [7, 11) is 1.55. The van der Waals surface area contributed by atoms with E-state index in [-0.39, 0.29) is 17.6 Å². The topological polar surface area (TPSA) is 30.8 Å². The maximum absolute atomic E-state index is 13.6. The normalized spacial score (nSPS) is 12.4. The van der Waals surface area contributed by atoms with Crippen LogP contribution in [0.5, 0.6) is 11.5 Å². The van der Waals surface area contributed by atoms with Crippen LogP contribution in [0.3, 0.4) is 0 Å². The van der Waals surface area contributed by atoms with Gasteiger partial charge in [0.25, 0.3) is 0 Å². The van der Waals surface area contributed by atoms with E-state index in [4.69, 9.17) is 21.1 Å². The zero-order chi connectivity index (χ0) is 16.8. The number of rotatable bonds is 6. The van der Waals surface area contributed by atoms with Gasteiger partial charge in [-0.1, -0.05) is 30.7 Å². The van der Waals surface area contributed by atoms with Crippen molar-refractivity contribution in [3.63, 3.8) is 0 Å². The summed E-state index contributed by atoms with van der Waals surface area (Å²) >= 11 is 6.29. The number of para-hydroxylation sites is 1. The first-order valence-electron chi connectivity index (χ1n) is 7.38. The van der Waals surface area contributed by atoms with E-state index in [2.05, 4.69) is 4.99 Å². The average Bonchev–Trinajstić information content (AvgIpc) is 2.55. The SMILES string of the molecule is CC[C@@H](C)Oc1c(Cl)cc(C=Nc2ccccc2F)cc1OC. The van der Waals surface area contributed by atoms with E-state index in [1.54, 1.807) is 43.7 Å². The van der Waals surface area contributed by atoms with Crippen LogP contribution in [0.4, 0.5) is 10.1 Å². The molecule has 2 aromatic carbocycles. The van der Waals surface area contributed by atoms with E-state index in [1.165, 1.54) is 6.07 Å². The molecule has 0 amide bonds. The lowest BCUT2D eigenvalue weighted by Gasteiger charge is -2.17. The van der Waals surface area contributed by atoms with E-state index in [0.717, 1.165) is 6.42 Å². The Morgan fingerprint density at radius 1 is 1.30 bits per heavy atom. The van der Waals surface area contributed by atoms with Gasteiger partial charge in [0.05, 0.1) is 23.9 Å². The highest BCUT2D eigenvalue weighted by Crippen LogP contribution is 2.37. The van der Waals surface area contributed by atoms with Crippen LogP contribution in [-0.4, -0.2) is 19.4 Å². The summed E-state index contributed by atoms with van der Waals surface area (Å²) in [5.74, 6) is 0.651. The van der Waals surface area contributed by atoms with E-state index >= 15 is 0 Å². The molecule has 3 nitrogen and oxygen atoms in total. The van der Waals surface area contributed by atoms with Crippen molar-refractivity contribution in [2.45, 2.75) is 26.4 Å². The summed E-state index contributed by atoms with van der Waals surface area (Å²) in [5, 5.41) is 0.430. The molecular weight excluding hydrogens is 317 g/mol. The molecule has 0 unspecified atom stereocenters. The molecule has 0 heterocycles. The molecule has 0 aliphatic rings. The molecule has 5 heteroatoms. The van der Waals surface area contributed by atoms with Crippen molar-refractivity contribution in [2.24, 2.45) is 4.99 Å². The van der Waals surface area contributed by atoms with Crippen LogP contribution >= 0.6 is 11.6 Å². The molecule has 23 heavy (non-hydrogen) atoms. The second kappa shape index (κ2) is 7.97. The second-order valence-corrected chi connectivity index (χ2v) is 5.49. The summed E-state index contributed by atoms with van der Waals surface area (Å²) in [6, 6.07) is 9.79. The summed E-state index contributed by atoms with van der Waals surface area (Å²) in [6.07, 6.45) is 2.43. The Balaban J connectivity index is 2.31. The molecular formula is C18H19ClFNO2. The van der Waals surface area contributed by atoms with E-state index in [1.807, 2.05) is 13.8 Å². The maximum atomic E-state index is 13.6. The van der Waals surface area contributed by atoms with Crippen LogP contribution in [0.15, 0.2) is 41.4 Å². The zero-order valence-corrected chi connectivity index (χ0v) is 14.1. The van der Waals surface area contributed by atoms with Gasteiger partial charge in [-0.05, 0) is 43.2 Å². The molecule has 2 rings (SSSR count). The number of nitrogens with zero attached hydrogens (tertiary/aromatic N) is 1. The molecule has 122 valence electrons. The monoisotopic (exact) mass is 335 g/mol. The highest BCUT2D eigenvalue weighted by Gasteiger charge is 2.14. The molecule has 0 bridgehead atoms. The van der Waals surface area contributed by atoms with Gasteiger partial charge in [-0.15, -0.1) is 0 Å². The lowest BCUT2D eigenvalue weighted by atomic mass is 10.2. The summed E-state index contributed by atoms with van der Waals surface area (Å²) in [6.45, 7) is 3.99. The second-order valence-electron chi connectivity index (χ2n) is 5.08. The van der Waals surface area contributed by atoms with Crippen molar-refractivity contribution < 1.29 is 13.9 Å². The van der Waals surface area contributed by atoms with Gasteiger partial charge in [0.2, 0.25) is 0 Å². The third kappa shape index (κ3) is 4.45. The molecule has 0 saturated carbocycles. The van der Waals surface area contributed by atoms with Crippen molar-refractivity contribution in [2.75, 3.05) is 7.11 Å². The molecule has 2 aromatic rings. The van der Waals surface area contributed by atoms with Crippen molar-refractivity contribution >= 4 is 23.5 Å². The van der Waals surface area contributed by atoms with Crippen molar-refractivity contribution in [1.82, 2.24) is 0 Å². The molecule has 0 saturated heterocycles. The Labute approximate surface area is 140 Å². The number of halogens is 2. The highest BCUT2D eigenvalue weighted by molar-refractivity contribution is 6.32. The van der Waals surface area contributed by atoms with Crippen LogP contribution in [0.1, 0.15) is 25.8 Å². The summed E-state index contributed by atoms with van der Waals surface area (Å²) in [4.78, 5) is 4.14. The Morgan fingerprint density at radius 3 is 2.70 bits per heavy atom. The Morgan fingerprint density at radius 2 is 2.04 bits per heavy atom. The van der Waals surface area contributed by atoms with Gasteiger partial charge in [-0.3, -0.25) is 4.99 Å². The van der Waals surface area contributed by atoms with Crippen molar-refractivity contribution in [1.29, 1.82) is 0 Å². The third-order valence-electron chi connectivity index (χ3n) is 3.35. The fraction of sp³-hybridized carbons (Fsp3) is 0.278. The average molecular weight is 336 g/mol. The van der Waals surface area contributed by atoms with E-state index in [0.29, 0.717) is 22.1 Å².